The van der Waals surface area contributed by atoms with E-state index in [0.29, 0.717) is 31.1 Å². The van der Waals surface area contributed by atoms with Crippen molar-refractivity contribution in [2.75, 3.05) is 13.1 Å². The van der Waals surface area contributed by atoms with E-state index < -0.39 is 0 Å². The molecule has 0 unspecified atom stereocenters. The first-order valence-corrected chi connectivity index (χ1v) is 9.18. The molecule has 1 atom stereocenters. The number of carbonyl (C=O) groups is 1. The summed E-state index contributed by atoms with van der Waals surface area (Å²) in [5.41, 5.74) is 2.50. The molecule has 2 aromatic rings. The Balaban J connectivity index is 1.66. The molecule has 0 spiro atoms. The van der Waals surface area contributed by atoms with Crippen molar-refractivity contribution in [3.8, 4) is 0 Å². The SMILES string of the molecule is CCNC(=O)N(Cc1cccc(Cl)c1)C[C@@H]1CC(c2ccc(F)cc2)=NO1. The summed E-state index contributed by atoms with van der Waals surface area (Å²) in [7, 11) is 0. The minimum Gasteiger partial charge on any atom is -0.390 e. The van der Waals surface area contributed by atoms with Crippen LogP contribution in [0.2, 0.25) is 5.02 Å². The Labute approximate surface area is 162 Å². The summed E-state index contributed by atoms with van der Waals surface area (Å²) < 4.78 is 13.1. The Morgan fingerprint density at radius 3 is 2.81 bits per heavy atom. The highest BCUT2D eigenvalue weighted by molar-refractivity contribution is 6.30. The minimum atomic E-state index is -0.293. The van der Waals surface area contributed by atoms with Gasteiger partial charge in [0.25, 0.3) is 0 Å². The van der Waals surface area contributed by atoms with Gasteiger partial charge in [-0.3, -0.25) is 0 Å². The van der Waals surface area contributed by atoms with E-state index in [4.69, 9.17) is 16.4 Å². The van der Waals surface area contributed by atoms with Crippen LogP contribution in [-0.4, -0.2) is 35.8 Å². The Hall–Kier alpha value is -2.60. The quantitative estimate of drug-likeness (QED) is 0.804. The van der Waals surface area contributed by atoms with Crippen molar-refractivity contribution < 1.29 is 14.0 Å². The minimum absolute atomic E-state index is 0.170. The van der Waals surface area contributed by atoms with E-state index in [1.807, 2.05) is 25.1 Å². The summed E-state index contributed by atoms with van der Waals surface area (Å²) in [6.07, 6.45) is 0.295. The fourth-order valence-corrected chi connectivity index (χ4v) is 3.14. The smallest absolute Gasteiger partial charge is 0.317 e. The largest absolute Gasteiger partial charge is 0.390 e. The van der Waals surface area contributed by atoms with Gasteiger partial charge >= 0.3 is 6.03 Å². The number of oxime groups is 1. The summed E-state index contributed by atoms with van der Waals surface area (Å²) in [6, 6.07) is 13.4. The molecule has 27 heavy (non-hydrogen) atoms. The number of amides is 2. The maximum Gasteiger partial charge on any atom is 0.317 e. The molecule has 1 N–H and O–H groups in total. The van der Waals surface area contributed by atoms with Crippen LogP contribution in [0.1, 0.15) is 24.5 Å². The van der Waals surface area contributed by atoms with Crippen molar-refractivity contribution in [3.63, 3.8) is 0 Å². The molecule has 5 nitrogen and oxygen atoms in total. The number of carbonyl (C=O) groups excluding carboxylic acids is 1. The van der Waals surface area contributed by atoms with E-state index >= 15 is 0 Å². The topological polar surface area (TPSA) is 53.9 Å². The van der Waals surface area contributed by atoms with Gasteiger partial charge in [-0.15, -0.1) is 0 Å². The lowest BCUT2D eigenvalue weighted by molar-refractivity contribution is 0.0590. The third-order valence-electron chi connectivity index (χ3n) is 4.21. The molecule has 142 valence electrons. The van der Waals surface area contributed by atoms with Crippen LogP contribution in [0.3, 0.4) is 0 Å². The van der Waals surface area contributed by atoms with Gasteiger partial charge in [0.05, 0.1) is 12.3 Å². The van der Waals surface area contributed by atoms with Gasteiger partial charge in [-0.05, 0) is 42.3 Å². The maximum absolute atomic E-state index is 13.1. The normalized spacial score (nSPS) is 15.8. The molecule has 1 aliphatic heterocycles. The molecule has 0 radical (unpaired) electrons. The molecule has 1 heterocycles. The molecule has 0 saturated heterocycles. The molecular weight excluding hydrogens is 369 g/mol. The second kappa shape index (κ2) is 8.86. The predicted octanol–water partition coefficient (Wildman–Crippen LogP) is 4.20. The lowest BCUT2D eigenvalue weighted by Gasteiger charge is -2.25. The van der Waals surface area contributed by atoms with E-state index in [2.05, 4.69) is 10.5 Å². The second-order valence-corrected chi connectivity index (χ2v) is 6.76. The summed E-state index contributed by atoms with van der Waals surface area (Å²) in [6.45, 7) is 3.20. The number of halogens is 2. The Bertz CT molecular complexity index is 826. The first kappa shape index (κ1) is 19.2. The summed E-state index contributed by atoms with van der Waals surface area (Å²) in [4.78, 5) is 19.7. The third-order valence-corrected chi connectivity index (χ3v) is 4.45. The molecule has 7 heteroatoms. The van der Waals surface area contributed by atoms with E-state index in [0.717, 1.165) is 16.8 Å². The molecule has 0 bridgehead atoms. The number of nitrogens with one attached hydrogen (secondary N) is 1. The highest BCUT2D eigenvalue weighted by Gasteiger charge is 2.26. The zero-order valence-electron chi connectivity index (χ0n) is 15.0. The summed E-state index contributed by atoms with van der Waals surface area (Å²) in [5.74, 6) is -0.293. The lowest BCUT2D eigenvalue weighted by atomic mass is 10.0. The van der Waals surface area contributed by atoms with E-state index in [1.54, 1.807) is 23.1 Å². The van der Waals surface area contributed by atoms with Crippen molar-refractivity contribution in [1.82, 2.24) is 10.2 Å². The maximum atomic E-state index is 13.1. The standard InChI is InChI=1S/C20H21ClFN3O2/c1-2-23-20(26)25(12-14-4-3-5-16(21)10-14)13-18-11-19(24-27-18)15-6-8-17(22)9-7-15/h3-10,18H,2,11-13H2,1H3,(H,23,26)/t18-/m0/s1. The number of rotatable bonds is 6. The molecule has 0 aliphatic carbocycles. The van der Waals surface area contributed by atoms with Gasteiger partial charge in [0.2, 0.25) is 0 Å². The van der Waals surface area contributed by atoms with E-state index in [-0.39, 0.29) is 18.0 Å². The van der Waals surface area contributed by atoms with Crippen molar-refractivity contribution in [2.45, 2.75) is 26.0 Å². The number of benzene rings is 2. The van der Waals surface area contributed by atoms with Crippen molar-refractivity contribution in [3.05, 3.63) is 70.5 Å². The monoisotopic (exact) mass is 389 g/mol. The average molecular weight is 390 g/mol. The highest BCUT2D eigenvalue weighted by Crippen LogP contribution is 2.20. The average Bonchev–Trinajstić information content (AvgIpc) is 3.10. The zero-order valence-corrected chi connectivity index (χ0v) is 15.7. The van der Waals surface area contributed by atoms with Gasteiger partial charge < -0.3 is 15.1 Å². The van der Waals surface area contributed by atoms with Crippen LogP contribution in [0, 0.1) is 5.82 Å². The number of hydrogen-bond donors (Lipinski definition) is 1. The van der Waals surface area contributed by atoms with E-state index in [9.17, 15) is 9.18 Å². The van der Waals surface area contributed by atoms with E-state index in [1.165, 1.54) is 12.1 Å². The lowest BCUT2D eigenvalue weighted by Crippen LogP contribution is -2.43. The van der Waals surface area contributed by atoms with Crippen LogP contribution >= 0.6 is 11.6 Å². The molecule has 1 aliphatic rings. The van der Waals surface area contributed by atoms with Gasteiger partial charge in [-0.2, -0.15) is 0 Å². The molecule has 3 rings (SSSR count). The Kier molecular flexibility index (Phi) is 6.29. The molecular formula is C20H21ClFN3O2. The summed E-state index contributed by atoms with van der Waals surface area (Å²) >= 11 is 6.05. The fraction of sp³-hybridized carbons (Fsp3) is 0.300. The third kappa shape index (κ3) is 5.20. The van der Waals surface area contributed by atoms with Crippen LogP contribution in [0.4, 0.5) is 9.18 Å². The number of urea groups is 1. The highest BCUT2D eigenvalue weighted by atomic mass is 35.5. The van der Waals surface area contributed by atoms with Crippen LogP contribution in [0.5, 0.6) is 0 Å². The van der Waals surface area contributed by atoms with Gasteiger partial charge in [0, 0.05) is 24.5 Å². The second-order valence-electron chi connectivity index (χ2n) is 6.32. The van der Waals surface area contributed by atoms with Gasteiger partial charge in [0.1, 0.15) is 5.82 Å². The molecule has 0 fully saturated rings. The molecule has 2 amide bonds. The van der Waals surface area contributed by atoms with Crippen molar-refractivity contribution in [1.29, 1.82) is 0 Å². The van der Waals surface area contributed by atoms with Gasteiger partial charge in [-0.25, -0.2) is 9.18 Å². The number of hydrogen-bond acceptors (Lipinski definition) is 3. The van der Waals surface area contributed by atoms with Gasteiger partial charge in [0.15, 0.2) is 6.10 Å². The first-order chi connectivity index (χ1) is 13.0. The van der Waals surface area contributed by atoms with Crippen LogP contribution in [0.15, 0.2) is 53.7 Å². The Morgan fingerprint density at radius 2 is 2.11 bits per heavy atom. The zero-order chi connectivity index (χ0) is 19.2. The predicted molar refractivity (Wildman–Crippen MR) is 103 cm³/mol. The van der Waals surface area contributed by atoms with Crippen LogP contribution in [-0.2, 0) is 11.4 Å². The number of nitrogens with zero attached hydrogens (tertiary/aromatic N) is 2. The molecule has 2 aromatic carbocycles. The summed E-state index contributed by atoms with van der Waals surface area (Å²) in [5, 5.41) is 7.56. The fourth-order valence-electron chi connectivity index (χ4n) is 2.92. The molecule has 0 saturated carbocycles. The van der Waals surface area contributed by atoms with Gasteiger partial charge in [-0.1, -0.05) is 41.0 Å². The van der Waals surface area contributed by atoms with Crippen molar-refractivity contribution in [2.24, 2.45) is 5.16 Å². The van der Waals surface area contributed by atoms with Crippen LogP contribution in [0.25, 0.3) is 0 Å². The Morgan fingerprint density at radius 1 is 1.33 bits per heavy atom. The molecule has 0 aromatic heterocycles. The first-order valence-electron chi connectivity index (χ1n) is 8.81. The van der Waals surface area contributed by atoms with Crippen LogP contribution < -0.4 is 5.32 Å². The van der Waals surface area contributed by atoms with Crippen molar-refractivity contribution >= 4 is 23.3 Å².